The van der Waals surface area contributed by atoms with Gasteiger partial charge < -0.3 is 36.8 Å². The molecular weight excluding hydrogens is 626 g/mol. The van der Waals surface area contributed by atoms with Crippen molar-refractivity contribution < 1.29 is 58.9 Å². The van der Waals surface area contributed by atoms with Gasteiger partial charge in [0.25, 0.3) is 11.6 Å². The molecule has 3 atom stereocenters. The number of aliphatic carboxylic acids is 1. The van der Waals surface area contributed by atoms with Crippen molar-refractivity contribution in [3.8, 4) is 30.1 Å². The summed E-state index contributed by atoms with van der Waals surface area (Å²) in [4.78, 5) is 95.4. The van der Waals surface area contributed by atoms with E-state index in [1.807, 2.05) is 5.92 Å². The SMILES string of the molecule is C#CC#COO[NH2+]CCCCC1NC(=O)C(CCC(=O)O)NC(=O)c2cc([N+](=O)[O-])ccc2OCCC(C(=O)NCC(N)=O)NC1=O. The second kappa shape index (κ2) is 19.5. The maximum atomic E-state index is 13.4. The molecule has 1 aromatic rings. The highest BCUT2D eigenvalue weighted by molar-refractivity contribution is 6.01. The molecule has 1 aliphatic rings. The lowest BCUT2D eigenvalue weighted by Crippen LogP contribution is -2.82. The first-order valence-electron chi connectivity index (χ1n) is 14.1. The number of nitro benzene ring substituents is 1. The van der Waals surface area contributed by atoms with E-state index >= 15 is 0 Å². The van der Waals surface area contributed by atoms with E-state index in [9.17, 15) is 44.0 Å². The third-order valence-corrected chi connectivity index (χ3v) is 6.40. The van der Waals surface area contributed by atoms with Crippen LogP contribution in [-0.2, 0) is 33.8 Å². The van der Waals surface area contributed by atoms with Gasteiger partial charge in [0.05, 0.1) is 23.6 Å². The molecular formula is C28H34N7O12+. The van der Waals surface area contributed by atoms with Crippen LogP contribution in [0.15, 0.2) is 18.2 Å². The Balaban J connectivity index is 2.38. The lowest BCUT2D eigenvalue weighted by atomic mass is 10.0. The minimum atomic E-state index is -1.50. The van der Waals surface area contributed by atoms with Crippen LogP contribution in [-0.4, -0.2) is 83.4 Å². The van der Waals surface area contributed by atoms with E-state index < -0.39 is 83.6 Å². The number of carbonyl (C=O) groups excluding carboxylic acids is 5. The number of nitrogens with two attached hydrogens (primary N) is 2. The van der Waals surface area contributed by atoms with Gasteiger partial charge in [-0.2, -0.15) is 5.48 Å². The summed E-state index contributed by atoms with van der Waals surface area (Å²) in [5.74, 6) is -1.62. The fraction of sp³-hybridized carbons (Fsp3) is 0.429. The number of nitro groups is 1. The molecule has 1 heterocycles. The van der Waals surface area contributed by atoms with Crippen molar-refractivity contribution >= 4 is 41.2 Å². The van der Waals surface area contributed by atoms with E-state index in [0.29, 0.717) is 19.4 Å². The van der Waals surface area contributed by atoms with Gasteiger partial charge in [0.2, 0.25) is 23.6 Å². The number of quaternary nitrogens is 1. The van der Waals surface area contributed by atoms with Crippen LogP contribution in [0.4, 0.5) is 5.69 Å². The number of benzene rings is 1. The molecule has 0 aliphatic carbocycles. The summed E-state index contributed by atoms with van der Waals surface area (Å²) < 4.78 is 5.65. The molecule has 0 aromatic heterocycles. The van der Waals surface area contributed by atoms with Crippen LogP contribution in [0.5, 0.6) is 5.75 Å². The Hall–Kier alpha value is -5.92. The van der Waals surface area contributed by atoms with Crippen molar-refractivity contribution in [3.05, 3.63) is 33.9 Å². The number of nitrogens with one attached hydrogen (secondary N) is 4. The number of unbranched alkanes of at least 4 members (excludes halogenated alkanes) is 1. The predicted octanol–water partition coefficient (Wildman–Crippen LogP) is -2.90. The quantitative estimate of drug-likeness (QED) is 0.0348. The van der Waals surface area contributed by atoms with Gasteiger partial charge in [0.15, 0.2) is 6.11 Å². The first kappa shape index (κ1) is 37.3. The van der Waals surface area contributed by atoms with Gasteiger partial charge in [-0.15, -0.1) is 6.42 Å². The Kier molecular flexibility index (Phi) is 15.4. The van der Waals surface area contributed by atoms with Gasteiger partial charge in [0.1, 0.15) is 30.4 Å². The van der Waals surface area contributed by atoms with Gasteiger partial charge >= 0.3 is 5.97 Å². The molecule has 19 nitrogen and oxygen atoms in total. The molecule has 1 aliphatic heterocycles. The van der Waals surface area contributed by atoms with Gasteiger partial charge in [-0.25, -0.2) is 4.89 Å². The number of ether oxygens (including phenoxy) is 1. The van der Waals surface area contributed by atoms with Crippen LogP contribution in [0.2, 0.25) is 0 Å². The van der Waals surface area contributed by atoms with E-state index in [-0.39, 0.29) is 30.8 Å². The number of nitrogens with zero attached hydrogens (tertiary/aromatic N) is 1. The fourth-order valence-corrected chi connectivity index (χ4v) is 4.11. The summed E-state index contributed by atoms with van der Waals surface area (Å²) in [6.45, 7) is -0.505. The van der Waals surface area contributed by atoms with E-state index in [0.717, 1.165) is 18.2 Å². The molecule has 3 unspecified atom stereocenters. The lowest BCUT2D eigenvalue weighted by Gasteiger charge is -2.26. The van der Waals surface area contributed by atoms with E-state index in [2.05, 4.69) is 38.2 Å². The number of primary amides is 1. The van der Waals surface area contributed by atoms with Crippen LogP contribution in [0.3, 0.4) is 0 Å². The summed E-state index contributed by atoms with van der Waals surface area (Å²) in [5, 5.41) is 30.3. The van der Waals surface area contributed by atoms with E-state index in [1.54, 1.807) is 0 Å². The third-order valence-electron chi connectivity index (χ3n) is 6.40. The Bertz CT molecular complexity index is 1450. The number of hydroxylamine groups is 1. The zero-order chi connectivity index (χ0) is 34.8. The van der Waals surface area contributed by atoms with Crippen molar-refractivity contribution in [1.29, 1.82) is 0 Å². The first-order chi connectivity index (χ1) is 22.4. The van der Waals surface area contributed by atoms with E-state index in [1.165, 1.54) is 5.48 Å². The van der Waals surface area contributed by atoms with Gasteiger partial charge in [-0.05, 0) is 37.7 Å². The van der Waals surface area contributed by atoms with Gasteiger partial charge in [-0.1, -0.05) is 0 Å². The second-order valence-electron chi connectivity index (χ2n) is 9.84. The molecule has 0 radical (unpaired) electrons. The number of hydrogen-bond acceptors (Lipinski definition) is 11. The van der Waals surface area contributed by atoms with Gasteiger partial charge in [0, 0.05) is 35.9 Å². The summed E-state index contributed by atoms with van der Waals surface area (Å²) in [6.07, 6.45) is 6.65. The highest BCUT2D eigenvalue weighted by Gasteiger charge is 2.31. The monoisotopic (exact) mass is 660 g/mol. The van der Waals surface area contributed by atoms with Crippen molar-refractivity contribution in [3.63, 3.8) is 0 Å². The summed E-state index contributed by atoms with van der Waals surface area (Å²) in [7, 11) is 0. The van der Waals surface area contributed by atoms with Crippen LogP contribution in [0.1, 0.15) is 48.9 Å². The number of fused-ring (bicyclic) bond motifs is 1. The molecule has 2 rings (SSSR count). The van der Waals surface area contributed by atoms with Crippen molar-refractivity contribution in [2.45, 2.75) is 56.7 Å². The number of terminal acetylenes is 1. The molecule has 0 bridgehead atoms. The topological polar surface area (TPSA) is 284 Å². The number of amides is 5. The molecule has 0 spiro atoms. The largest absolute Gasteiger partial charge is 0.493 e. The molecule has 1 aromatic carbocycles. The Morgan fingerprint density at radius 1 is 1.15 bits per heavy atom. The van der Waals surface area contributed by atoms with Gasteiger partial charge in [-0.3, -0.25) is 38.9 Å². The van der Waals surface area contributed by atoms with Crippen LogP contribution >= 0.6 is 0 Å². The fourth-order valence-electron chi connectivity index (χ4n) is 4.11. The maximum Gasteiger partial charge on any atom is 0.303 e. The minimum Gasteiger partial charge on any atom is -0.493 e. The molecule has 0 fully saturated rings. The average molecular weight is 661 g/mol. The highest BCUT2D eigenvalue weighted by Crippen LogP contribution is 2.25. The summed E-state index contributed by atoms with van der Waals surface area (Å²) in [5.41, 5.74) is 5.59. The highest BCUT2D eigenvalue weighted by atomic mass is 17.3. The Morgan fingerprint density at radius 3 is 2.55 bits per heavy atom. The summed E-state index contributed by atoms with van der Waals surface area (Å²) >= 11 is 0. The molecule has 0 saturated heterocycles. The normalized spacial score (nSPS) is 18.1. The number of carboxylic acid groups (broad SMARTS) is 1. The van der Waals surface area contributed by atoms with Crippen LogP contribution < -0.4 is 37.2 Å². The number of rotatable bonds is 14. The van der Waals surface area contributed by atoms with E-state index in [4.69, 9.17) is 21.9 Å². The zero-order valence-electron chi connectivity index (χ0n) is 24.9. The Morgan fingerprint density at radius 2 is 1.87 bits per heavy atom. The zero-order valence-corrected chi connectivity index (χ0v) is 24.9. The number of carboxylic acids is 1. The second-order valence-corrected chi connectivity index (χ2v) is 9.84. The molecule has 252 valence electrons. The standard InChI is InChI=1S/C28H33N7O12/c1-2-3-13-46-47-31-12-5-4-6-19-27(41)34-21(26(40)30-16-23(29)36)11-14-45-22-9-7-17(35(43)44)15-18(22)25(39)32-20(28(42)33-19)8-10-24(37)38/h1,7,9,15,19-21,31H,4-6,8,10-12,14,16H2,(H2,29,36)(H,30,40)(H,32,39)(H,33,42)(H,34,41)(H,37,38)/p+1. The predicted molar refractivity (Wildman–Crippen MR) is 157 cm³/mol. The average Bonchev–Trinajstić information content (AvgIpc) is 3.02. The molecule has 9 N–H and O–H groups in total. The maximum absolute atomic E-state index is 13.4. The summed E-state index contributed by atoms with van der Waals surface area (Å²) in [6, 6.07) is -0.974. The van der Waals surface area contributed by atoms with Crippen molar-refractivity contribution in [2.24, 2.45) is 5.73 Å². The molecule has 0 saturated carbocycles. The number of carbonyl (C=O) groups is 6. The lowest BCUT2D eigenvalue weighted by molar-refractivity contribution is -0.960. The number of non-ortho nitro benzene ring substituents is 1. The Labute approximate surface area is 267 Å². The third kappa shape index (κ3) is 13.3. The smallest absolute Gasteiger partial charge is 0.303 e. The molecule has 47 heavy (non-hydrogen) atoms. The first-order valence-corrected chi connectivity index (χ1v) is 14.1. The minimum absolute atomic E-state index is 0.0178. The van der Waals surface area contributed by atoms with Crippen LogP contribution in [0.25, 0.3) is 0 Å². The molecule has 19 heteroatoms. The molecule has 5 amide bonds. The van der Waals surface area contributed by atoms with Crippen LogP contribution in [0, 0.1) is 34.5 Å². The number of hydrogen-bond donors (Lipinski definition) is 7. The van der Waals surface area contributed by atoms with Crippen molar-refractivity contribution in [2.75, 3.05) is 19.7 Å². The van der Waals surface area contributed by atoms with Crippen molar-refractivity contribution in [1.82, 2.24) is 21.3 Å².